The average molecular weight is 271 g/mol. The van der Waals surface area contributed by atoms with E-state index in [2.05, 4.69) is 5.32 Å². The highest BCUT2D eigenvalue weighted by molar-refractivity contribution is 5.86. The smallest absolute Gasteiger partial charge is 0.312 e. The van der Waals surface area contributed by atoms with E-state index in [9.17, 15) is 14.7 Å². The van der Waals surface area contributed by atoms with E-state index in [1.165, 1.54) is 0 Å². The van der Waals surface area contributed by atoms with E-state index in [1.54, 1.807) is 11.8 Å². The van der Waals surface area contributed by atoms with Gasteiger partial charge in [-0.3, -0.25) is 4.79 Å². The molecule has 1 aliphatic rings. The van der Waals surface area contributed by atoms with Crippen molar-refractivity contribution < 1.29 is 14.7 Å². The molecule has 19 heavy (non-hydrogen) atoms. The van der Waals surface area contributed by atoms with E-state index in [-0.39, 0.29) is 23.8 Å². The lowest BCUT2D eigenvalue weighted by molar-refractivity contribution is -0.136. The van der Waals surface area contributed by atoms with Crippen LogP contribution in [0.1, 0.15) is 33.6 Å². The lowest BCUT2D eigenvalue weighted by atomic mass is 9.91. The number of aliphatic hydroxyl groups excluding tert-OH is 1. The van der Waals surface area contributed by atoms with Gasteiger partial charge in [-0.1, -0.05) is 13.8 Å². The molecule has 6 heteroatoms. The second-order valence-electron chi connectivity index (χ2n) is 5.63. The molecule has 110 valence electrons. The third kappa shape index (κ3) is 4.38. The molecular weight excluding hydrogens is 246 g/mol. The molecule has 2 unspecified atom stereocenters. The largest absolute Gasteiger partial charge is 0.393 e. The second kappa shape index (κ2) is 6.75. The fourth-order valence-electron chi connectivity index (χ4n) is 2.47. The zero-order chi connectivity index (χ0) is 14.6. The van der Waals surface area contributed by atoms with Gasteiger partial charge in [-0.2, -0.15) is 0 Å². The van der Waals surface area contributed by atoms with Crippen LogP contribution in [0.5, 0.6) is 0 Å². The number of urea groups is 1. The van der Waals surface area contributed by atoms with Gasteiger partial charge in [-0.15, -0.1) is 0 Å². The maximum atomic E-state index is 12.3. The van der Waals surface area contributed by atoms with Crippen molar-refractivity contribution >= 4 is 11.9 Å². The first kappa shape index (κ1) is 15.8. The second-order valence-corrected chi connectivity index (χ2v) is 5.63. The van der Waals surface area contributed by atoms with Crippen LogP contribution < -0.4 is 11.1 Å². The highest BCUT2D eigenvalue weighted by Gasteiger charge is 2.31. The van der Waals surface area contributed by atoms with Crippen LogP contribution in [0.3, 0.4) is 0 Å². The van der Waals surface area contributed by atoms with Gasteiger partial charge in [0.15, 0.2) is 0 Å². The summed E-state index contributed by atoms with van der Waals surface area (Å²) in [6.45, 7) is 6.78. The predicted octanol–water partition coefficient (Wildman–Crippen LogP) is 0.299. The fourth-order valence-corrected chi connectivity index (χ4v) is 2.47. The van der Waals surface area contributed by atoms with Crippen LogP contribution in [0.4, 0.5) is 4.79 Å². The predicted molar refractivity (Wildman–Crippen MR) is 72.3 cm³/mol. The van der Waals surface area contributed by atoms with Crippen molar-refractivity contribution in [2.24, 2.45) is 17.6 Å². The van der Waals surface area contributed by atoms with E-state index < -0.39 is 12.1 Å². The number of aliphatic hydroxyl groups is 1. The first-order valence-corrected chi connectivity index (χ1v) is 6.85. The van der Waals surface area contributed by atoms with Crippen LogP contribution in [0.25, 0.3) is 0 Å². The van der Waals surface area contributed by atoms with E-state index in [0.717, 1.165) is 12.8 Å². The van der Waals surface area contributed by atoms with Crippen molar-refractivity contribution in [2.45, 2.75) is 45.8 Å². The summed E-state index contributed by atoms with van der Waals surface area (Å²) in [7, 11) is 0. The molecule has 0 aromatic heterocycles. The summed E-state index contributed by atoms with van der Waals surface area (Å²) >= 11 is 0. The molecule has 0 aromatic rings. The van der Waals surface area contributed by atoms with Crippen LogP contribution in [-0.4, -0.2) is 47.2 Å². The number of carbonyl (C=O) groups is 2. The first-order chi connectivity index (χ1) is 8.82. The summed E-state index contributed by atoms with van der Waals surface area (Å²) < 4.78 is 0. The van der Waals surface area contributed by atoms with Gasteiger partial charge in [0.25, 0.3) is 0 Å². The van der Waals surface area contributed by atoms with Crippen molar-refractivity contribution in [1.29, 1.82) is 0 Å². The van der Waals surface area contributed by atoms with E-state index >= 15 is 0 Å². The number of carbonyl (C=O) groups excluding carboxylic acids is 2. The van der Waals surface area contributed by atoms with Gasteiger partial charge in [0.2, 0.25) is 5.91 Å². The van der Waals surface area contributed by atoms with Gasteiger partial charge >= 0.3 is 6.03 Å². The Morgan fingerprint density at radius 2 is 1.79 bits per heavy atom. The van der Waals surface area contributed by atoms with Crippen LogP contribution in [0, 0.1) is 11.8 Å². The number of nitrogens with zero attached hydrogens (tertiary/aromatic N) is 1. The van der Waals surface area contributed by atoms with E-state index in [0.29, 0.717) is 13.1 Å². The van der Waals surface area contributed by atoms with Gasteiger partial charge in [0.1, 0.15) is 6.04 Å². The monoisotopic (exact) mass is 271 g/mol. The Hall–Kier alpha value is -1.30. The maximum Gasteiger partial charge on any atom is 0.312 e. The maximum absolute atomic E-state index is 12.3. The minimum Gasteiger partial charge on any atom is -0.393 e. The minimum absolute atomic E-state index is 0.00510. The molecule has 2 atom stereocenters. The van der Waals surface area contributed by atoms with Crippen molar-refractivity contribution in [3.05, 3.63) is 0 Å². The highest BCUT2D eigenvalue weighted by atomic mass is 16.3. The van der Waals surface area contributed by atoms with Gasteiger partial charge in [-0.05, 0) is 31.6 Å². The normalized spacial score (nSPS) is 20.2. The molecule has 1 heterocycles. The molecule has 0 bridgehead atoms. The third-order valence-corrected chi connectivity index (χ3v) is 3.76. The van der Waals surface area contributed by atoms with Crippen molar-refractivity contribution in [3.8, 4) is 0 Å². The molecule has 3 amide bonds. The van der Waals surface area contributed by atoms with Gasteiger partial charge < -0.3 is 21.1 Å². The van der Waals surface area contributed by atoms with Crippen LogP contribution in [0.2, 0.25) is 0 Å². The molecule has 0 radical (unpaired) electrons. The van der Waals surface area contributed by atoms with Gasteiger partial charge in [0.05, 0.1) is 6.10 Å². The molecule has 1 saturated heterocycles. The molecule has 0 spiro atoms. The Bertz CT molecular complexity index is 323. The number of hydrogen-bond acceptors (Lipinski definition) is 3. The molecule has 1 fully saturated rings. The Morgan fingerprint density at radius 3 is 2.16 bits per heavy atom. The SMILES string of the molecule is CC(C)C(NC(N)=O)C(=O)N1CCC(C(C)O)CC1. The standard InChI is InChI=1S/C13H25N3O3/c1-8(2)11(15-13(14)19)12(18)16-6-4-10(5-7-16)9(3)17/h8-11,17H,4-7H2,1-3H3,(H3,14,15,19). The Labute approximate surface area is 114 Å². The number of hydrogen-bond donors (Lipinski definition) is 3. The van der Waals surface area contributed by atoms with Crippen molar-refractivity contribution in [1.82, 2.24) is 10.2 Å². The molecular formula is C13H25N3O3. The third-order valence-electron chi connectivity index (χ3n) is 3.76. The molecule has 1 aliphatic heterocycles. The molecule has 6 nitrogen and oxygen atoms in total. The van der Waals surface area contributed by atoms with Crippen LogP contribution in [0.15, 0.2) is 0 Å². The molecule has 0 aromatic carbocycles. The molecule has 0 aliphatic carbocycles. The van der Waals surface area contributed by atoms with Gasteiger partial charge in [-0.25, -0.2) is 4.79 Å². The lowest BCUT2D eigenvalue weighted by Crippen LogP contribution is -2.54. The Morgan fingerprint density at radius 1 is 1.26 bits per heavy atom. The molecule has 4 N–H and O–H groups in total. The summed E-state index contributed by atoms with van der Waals surface area (Å²) in [5.41, 5.74) is 5.11. The van der Waals surface area contributed by atoms with Gasteiger partial charge in [0, 0.05) is 13.1 Å². The number of primary amides is 1. The Balaban J connectivity index is 2.59. The number of nitrogens with one attached hydrogen (secondary N) is 1. The minimum atomic E-state index is -0.675. The summed E-state index contributed by atoms with van der Waals surface area (Å²) in [4.78, 5) is 25.0. The number of nitrogens with two attached hydrogens (primary N) is 1. The number of amides is 3. The van der Waals surface area contributed by atoms with Crippen molar-refractivity contribution in [2.75, 3.05) is 13.1 Å². The highest BCUT2D eigenvalue weighted by Crippen LogP contribution is 2.21. The Kier molecular flexibility index (Phi) is 5.60. The topological polar surface area (TPSA) is 95.7 Å². The fraction of sp³-hybridized carbons (Fsp3) is 0.846. The number of piperidine rings is 1. The molecule has 1 rings (SSSR count). The van der Waals surface area contributed by atoms with Crippen molar-refractivity contribution in [3.63, 3.8) is 0 Å². The first-order valence-electron chi connectivity index (χ1n) is 6.85. The van der Waals surface area contributed by atoms with Crippen LogP contribution in [-0.2, 0) is 4.79 Å². The summed E-state index contributed by atoms with van der Waals surface area (Å²) in [5, 5.41) is 12.1. The summed E-state index contributed by atoms with van der Waals surface area (Å²) in [6.07, 6.45) is 1.26. The average Bonchev–Trinajstić information content (AvgIpc) is 2.34. The zero-order valence-electron chi connectivity index (χ0n) is 11.9. The summed E-state index contributed by atoms with van der Waals surface area (Å²) in [6, 6.07) is -1.24. The zero-order valence-corrected chi connectivity index (χ0v) is 11.9. The van der Waals surface area contributed by atoms with Crippen LogP contribution >= 0.6 is 0 Å². The summed E-state index contributed by atoms with van der Waals surface area (Å²) in [5.74, 6) is 0.165. The molecule has 0 saturated carbocycles. The number of likely N-dealkylation sites (tertiary alicyclic amines) is 1. The quantitative estimate of drug-likeness (QED) is 0.686. The van der Waals surface area contributed by atoms with E-state index in [1.807, 2.05) is 13.8 Å². The number of rotatable bonds is 4. The van der Waals surface area contributed by atoms with E-state index in [4.69, 9.17) is 5.73 Å². The lowest BCUT2D eigenvalue weighted by Gasteiger charge is -2.36.